The Labute approximate surface area is 130 Å². The molecular weight excluding hydrogens is 280 g/mol. The van der Waals surface area contributed by atoms with E-state index in [1.54, 1.807) is 11.3 Å². The molecule has 2 N–H and O–H groups in total. The molecule has 4 heteroatoms. The minimum absolute atomic E-state index is 0.0113. The summed E-state index contributed by atoms with van der Waals surface area (Å²) in [4.78, 5) is 13.3. The summed E-state index contributed by atoms with van der Waals surface area (Å²) in [5.41, 5.74) is 1.98. The molecule has 0 fully saturated rings. The molecule has 1 aromatic heterocycles. The smallest absolute Gasteiger partial charge is 0.238 e. The van der Waals surface area contributed by atoms with E-state index in [1.807, 2.05) is 37.3 Å². The Bertz CT molecular complexity index is 578. The van der Waals surface area contributed by atoms with E-state index in [2.05, 4.69) is 35.9 Å². The van der Waals surface area contributed by atoms with E-state index in [0.29, 0.717) is 12.5 Å². The Morgan fingerprint density at radius 3 is 2.67 bits per heavy atom. The molecule has 0 spiro atoms. The Morgan fingerprint density at radius 2 is 2.05 bits per heavy atom. The van der Waals surface area contributed by atoms with Crippen LogP contribution in [-0.2, 0) is 4.79 Å². The zero-order chi connectivity index (χ0) is 15.2. The van der Waals surface area contributed by atoms with Crippen molar-refractivity contribution >= 4 is 22.9 Å². The number of aryl methyl sites for hydroxylation is 1. The van der Waals surface area contributed by atoms with Gasteiger partial charge in [-0.25, -0.2) is 0 Å². The molecule has 1 unspecified atom stereocenters. The van der Waals surface area contributed by atoms with Gasteiger partial charge in [0.25, 0.3) is 0 Å². The first-order chi connectivity index (χ1) is 10.1. The van der Waals surface area contributed by atoms with Gasteiger partial charge in [0.15, 0.2) is 0 Å². The minimum atomic E-state index is -0.0113. The maximum atomic E-state index is 12.1. The van der Waals surface area contributed by atoms with Gasteiger partial charge >= 0.3 is 0 Å². The molecule has 2 aromatic rings. The number of hydrogen-bond donors (Lipinski definition) is 2. The second kappa shape index (κ2) is 7.38. The summed E-state index contributed by atoms with van der Waals surface area (Å²) < 4.78 is 0. The van der Waals surface area contributed by atoms with Crippen LogP contribution in [0.1, 0.15) is 30.3 Å². The van der Waals surface area contributed by atoms with Gasteiger partial charge in [-0.2, -0.15) is 0 Å². The first-order valence-corrected chi connectivity index (χ1v) is 8.07. The third-order valence-electron chi connectivity index (χ3n) is 3.30. The Hall–Kier alpha value is -1.65. The van der Waals surface area contributed by atoms with Crippen molar-refractivity contribution in [1.82, 2.24) is 5.32 Å². The third-order valence-corrected chi connectivity index (χ3v) is 4.26. The maximum Gasteiger partial charge on any atom is 0.238 e. The summed E-state index contributed by atoms with van der Waals surface area (Å²) in [6.45, 7) is 6.65. The minimum Gasteiger partial charge on any atom is -0.325 e. The second-order valence-electron chi connectivity index (χ2n) is 5.54. The topological polar surface area (TPSA) is 41.1 Å². The first-order valence-electron chi connectivity index (χ1n) is 7.19. The standard InChI is InChI=1S/C17H22N2OS/c1-12(2)17(15-8-5-9-21-15)18-11-16(20)19-14-7-4-6-13(3)10-14/h4-10,12,17-18H,11H2,1-3H3,(H,19,20). The summed E-state index contributed by atoms with van der Waals surface area (Å²) in [7, 11) is 0. The van der Waals surface area contributed by atoms with Crippen LogP contribution in [0.5, 0.6) is 0 Å². The van der Waals surface area contributed by atoms with Gasteiger partial charge in [0, 0.05) is 16.6 Å². The van der Waals surface area contributed by atoms with E-state index in [-0.39, 0.29) is 11.9 Å². The van der Waals surface area contributed by atoms with E-state index >= 15 is 0 Å². The largest absolute Gasteiger partial charge is 0.325 e. The van der Waals surface area contributed by atoms with Gasteiger partial charge < -0.3 is 10.6 Å². The fourth-order valence-electron chi connectivity index (χ4n) is 2.26. The van der Waals surface area contributed by atoms with Gasteiger partial charge in [0.2, 0.25) is 5.91 Å². The van der Waals surface area contributed by atoms with Crippen LogP contribution in [0.4, 0.5) is 5.69 Å². The van der Waals surface area contributed by atoms with Crippen LogP contribution in [0.2, 0.25) is 0 Å². The number of hydrogen-bond acceptors (Lipinski definition) is 3. The average Bonchev–Trinajstić information content (AvgIpc) is 2.92. The van der Waals surface area contributed by atoms with Crippen molar-refractivity contribution in [3.63, 3.8) is 0 Å². The van der Waals surface area contributed by atoms with Crippen molar-refractivity contribution in [1.29, 1.82) is 0 Å². The Morgan fingerprint density at radius 1 is 1.24 bits per heavy atom. The Balaban J connectivity index is 1.90. The number of nitrogens with one attached hydrogen (secondary N) is 2. The predicted molar refractivity (Wildman–Crippen MR) is 89.7 cm³/mol. The lowest BCUT2D eigenvalue weighted by molar-refractivity contribution is -0.115. The molecule has 1 aromatic carbocycles. The summed E-state index contributed by atoms with van der Waals surface area (Å²) in [6, 6.07) is 12.2. The highest BCUT2D eigenvalue weighted by molar-refractivity contribution is 7.10. The highest BCUT2D eigenvalue weighted by Gasteiger charge is 2.17. The number of benzene rings is 1. The third kappa shape index (κ3) is 4.69. The lowest BCUT2D eigenvalue weighted by Crippen LogP contribution is -2.33. The van der Waals surface area contributed by atoms with Crippen LogP contribution < -0.4 is 10.6 Å². The molecule has 1 heterocycles. The zero-order valence-corrected chi connectivity index (χ0v) is 13.5. The van der Waals surface area contributed by atoms with Gasteiger partial charge in [0.05, 0.1) is 6.54 Å². The first kappa shape index (κ1) is 15.7. The number of carbonyl (C=O) groups is 1. The summed E-state index contributed by atoms with van der Waals surface area (Å²) >= 11 is 1.72. The molecule has 0 radical (unpaired) electrons. The van der Waals surface area contributed by atoms with Crippen LogP contribution in [0.25, 0.3) is 0 Å². The van der Waals surface area contributed by atoms with E-state index in [0.717, 1.165) is 11.3 Å². The number of thiophene rings is 1. The van der Waals surface area contributed by atoms with Gasteiger partial charge in [-0.15, -0.1) is 11.3 Å². The van der Waals surface area contributed by atoms with Crippen LogP contribution >= 0.6 is 11.3 Å². The lowest BCUT2D eigenvalue weighted by Gasteiger charge is -2.21. The van der Waals surface area contributed by atoms with Crippen molar-refractivity contribution in [2.75, 3.05) is 11.9 Å². The molecule has 0 aliphatic heterocycles. The monoisotopic (exact) mass is 302 g/mol. The number of carbonyl (C=O) groups excluding carboxylic acids is 1. The highest BCUT2D eigenvalue weighted by atomic mass is 32.1. The summed E-state index contributed by atoms with van der Waals surface area (Å²) in [5.74, 6) is 0.429. The van der Waals surface area contributed by atoms with Crippen molar-refractivity contribution in [3.05, 3.63) is 52.2 Å². The van der Waals surface area contributed by atoms with Crippen molar-refractivity contribution in [2.45, 2.75) is 26.8 Å². The average molecular weight is 302 g/mol. The molecule has 0 aliphatic carbocycles. The van der Waals surface area contributed by atoms with Gasteiger partial charge in [-0.3, -0.25) is 4.79 Å². The number of rotatable bonds is 6. The zero-order valence-electron chi connectivity index (χ0n) is 12.7. The number of anilines is 1. The van der Waals surface area contributed by atoms with Crippen LogP contribution in [0, 0.1) is 12.8 Å². The van der Waals surface area contributed by atoms with E-state index in [1.165, 1.54) is 4.88 Å². The predicted octanol–water partition coefficient (Wildman–Crippen LogP) is 3.98. The second-order valence-corrected chi connectivity index (χ2v) is 6.51. The highest BCUT2D eigenvalue weighted by Crippen LogP contribution is 2.25. The van der Waals surface area contributed by atoms with Crippen LogP contribution in [0.15, 0.2) is 41.8 Å². The molecule has 0 saturated carbocycles. The molecule has 0 saturated heterocycles. The van der Waals surface area contributed by atoms with Crippen molar-refractivity contribution in [3.8, 4) is 0 Å². The van der Waals surface area contributed by atoms with Crippen LogP contribution in [0.3, 0.4) is 0 Å². The van der Waals surface area contributed by atoms with Crippen molar-refractivity contribution in [2.24, 2.45) is 5.92 Å². The van der Waals surface area contributed by atoms with Gasteiger partial charge in [-0.05, 0) is 42.0 Å². The molecule has 2 rings (SSSR count). The molecule has 0 aliphatic rings. The SMILES string of the molecule is Cc1cccc(NC(=O)CNC(c2cccs2)C(C)C)c1. The molecule has 1 amide bonds. The van der Waals surface area contributed by atoms with Gasteiger partial charge in [0.1, 0.15) is 0 Å². The number of amides is 1. The summed E-state index contributed by atoms with van der Waals surface area (Å²) in [6.07, 6.45) is 0. The van der Waals surface area contributed by atoms with Gasteiger partial charge in [-0.1, -0.05) is 32.0 Å². The lowest BCUT2D eigenvalue weighted by atomic mass is 10.0. The normalized spacial score (nSPS) is 12.4. The fourth-order valence-corrected chi connectivity index (χ4v) is 3.24. The summed E-state index contributed by atoms with van der Waals surface area (Å²) in [5, 5.41) is 8.35. The fraction of sp³-hybridized carbons (Fsp3) is 0.353. The van der Waals surface area contributed by atoms with Crippen LogP contribution in [-0.4, -0.2) is 12.5 Å². The Kier molecular flexibility index (Phi) is 5.53. The quantitative estimate of drug-likeness (QED) is 0.847. The molecule has 112 valence electrons. The van der Waals surface area contributed by atoms with E-state index in [9.17, 15) is 4.79 Å². The van der Waals surface area contributed by atoms with E-state index < -0.39 is 0 Å². The molecule has 1 atom stereocenters. The molecule has 21 heavy (non-hydrogen) atoms. The van der Waals surface area contributed by atoms with Crippen molar-refractivity contribution < 1.29 is 4.79 Å². The molecule has 3 nitrogen and oxygen atoms in total. The maximum absolute atomic E-state index is 12.1. The van der Waals surface area contributed by atoms with E-state index in [4.69, 9.17) is 0 Å². The molecule has 0 bridgehead atoms. The molecular formula is C17H22N2OS.